The number of epoxide rings is 1. The molecule has 6 atom stereocenters. The summed E-state index contributed by atoms with van der Waals surface area (Å²) in [5.74, 6) is -5.07. The van der Waals surface area contributed by atoms with Gasteiger partial charge in [-0.1, -0.05) is 0 Å². The highest BCUT2D eigenvalue weighted by Gasteiger charge is 2.69. The van der Waals surface area contributed by atoms with Crippen molar-refractivity contribution in [1.29, 1.82) is 0 Å². The van der Waals surface area contributed by atoms with Crippen LogP contribution in [0.15, 0.2) is 0 Å². The lowest BCUT2D eigenvalue weighted by atomic mass is 9.79. The van der Waals surface area contributed by atoms with Crippen LogP contribution in [-0.2, 0) is 19.1 Å². The Morgan fingerprint density at radius 1 is 0.786 bits per heavy atom. The number of carboxylic acids is 2. The number of fused-ring (bicyclic) bond motifs is 5. The van der Waals surface area contributed by atoms with Gasteiger partial charge in [0.1, 0.15) is 12.2 Å². The third kappa shape index (κ3) is 0.777. The first-order chi connectivity index (χ1) is 6.61. The van der Waals surface area contributed by atoms with Gasteiger partial charge in [0.25, 0.3) is 0 Å². The number of carbonyl (C=O) groups is 2. The maximum absolute atomic E-state index is 10.7. The Bertz CT molecular complexity index is 296. The lowest BCUT2D eigenvalue weighted by Gasteiger charge is -2.27. The summed E-state index contributed by atoms with van der Waals surface area (Å²) in [6.07, 6.45) is -1.84. The first-order valence-corrected chi connectivity index (χ1v) is 4.34. The van der Waals surface area contributed by atoms with Crippen molar-refractivity contribution in [3.63, 3.8) is 0 Å². The second-order valence-electron chi connectivity index (χ2n) is 3.82. The Kier molecular flexibility index (Phi) is 1.32. The molecule has 0 saturated carbocycles. The average molecular weight is 198 g/mol. The van der Waals surface area contributed by atoms with E-state index in [1.165, 1.54) is 0 Å². The fourth-order valence-corrected chi connectivity index (χ4v) is 2.55. The zero-order chi connectivity index (χ0) is 10.0. The molecule has 0 unspecified atom stereocenters. The van der Waals surface area contributed by atoms with Gasteiger partial charge in [0.15, 0.2) is 0 Å². The molecule has 0 amide bonds. The van der Waals surface area contributed by atoms with Gasteiger partial charge < -0.3 is 29.3 Å². The first kappa shape index (κ1) is 8.19. The molecule has 3 aliphatic heterocycles. The summed E-state index contributed by atoms with van der Waals surface area (Å²) in [6.45, 7) is 0. The van der Waals surface area contributed by atoms with Crippen LogP contribution in [0.2, 0.25) is 0 Å². The molecule has 3 rings (SSSR count). The molecule has 6 heteroatoms. The summed E-state index contributed by atoms with van der Waals surface area (Å²) in [6, 6.07) is 0. The van der Waals surface area contributed by atoms with Crippen molar-refractivity contribution in [2.75, 3.05) is 0 Å². The Balaban J connectivity index is 1.95. The molecule has 76 valence electrons. The summed E-state index contributed by atoms with van der Waals surface area (Å²) in [7, 11) is 0. The van der Waals surface area contributed by atoms with Gasteiger partial charge >= 0.3 is 0 Å². The smallest absolute Gasteiger partial charge is 0.114 e. The maximum Gasteiger partial charge on any atom is 0.114 e. The van der Waals surface area contributed by atoms with Gasteiger partial charge in [0.05, 0.1) is 12.2 Å². The second-order valence-corrected chi connectivity index (χ2v) is 3.82. The number of carboxylic acid groups (broad SMARTS) is 2. The zero-order valence-electron chi connectivity index (χ0n) is 6.91. The van der Waals surface area contributed by atoms with Crippen LogP contribution in [0, 0.1) is 11.8 Å². The maximum atomic E-state index is 10.7. The Hall–Kier alpha value is -1.14. The summed E-state index contributed by atoms with van der Waals surface area (Å²) in [5, 5.41) is 21.5. The van der Waals surface area contributed by atoms with E-state index >= 15 is 0 Å². The van der Waals surface area contributed by atoms with Crippen molar-refractivity contribution in [2.24, 2.45) is 11.8 Å². The lowest BCUT2D eigenvalue weighted by molar-refractivity contribution is -0.326. The molecule has 3 fully saturated rings. The Morgan fingerprint density at radius 2 is 1.14 bits per heavy atom. The average Bonchev–Trinajstić information content (AvgIpc) is 2.71. The van der Waals surface area contributed by atoms with Crippen LogP contribution in [0.1, 0.15) is 0 Å². The van der Waals surface area contributed by atoms with Crippen molar-refractivity contribution in [3.05, 3.63) is 0 Å². The second kappa shape index (κ2) is 2.26. The fraction of sp³-hybridized carbons (Fsp3) is 0.750. The van der Waals surface area contributed by atoms with E-state index < -0.39 is 36.0 Å². The van der Waals surface area contributed by atoms with Crippen LogP contribution >= 0.6 is 0 Å². The highest BCUT2D eigenvalue weighted by Crippen LogP contribution is 2.53. The predicted molar refractivity (Wildman–Crippen MR) is 34.3 cm³/mol. The van der Waals surface area contributed by atoms with Crippen LogP contribution in [0.25, 0.3) is 0 Å². The summed E-state index contributed by atoms with van der Waals surface area (Å²) >= 11 is 0. The van der Waals surface area contributed by atoms with Gasteiger partial charge in [-0.05, 0) is 0 Å². The summed E-state index contributed by atoms with van der Waals surface area (Å²) < 4.78 is 10.3. The van der Waals surface area contributed by atoms with Crippen molar-refractivity contribution < 1.29 is 29.3 Å². The van der Waals surface area contributed by atoms with E-state index in [1.807, 2.05) is 0 Å². The largest absolute Gasteiger partial charge is 0.550 e. The molecule has 2 bridgehead atoms. The third-order valence-electron chi connectivity index (χ3n) is 3.16. The molecular formula is C8H6O6-2. The fourth-order valence-electron chi connectivity index (χ4n) is 2.55. The van der Waals surface area contributed by atoms with Crippen LogP contribution in [-0.4, -0.2) is 36.4 Å². The van der Waals surface area contributed by atoms with Gasteiger partial charge in [-0.3, -0.25) is 0 Å². The molecule has 3 heterocycles. The molecule has 14 heavy (non-hydrogen) atoms. The Morgan fingerprint density at radius 3 is 1.50 bits per heavy atom. The lowest BCUT2D eigenvalue weighted by Crippen LogP contribution is -2.51. The first-order valence-electron chi connectivity index (χ1n) is 4.34. The van der Waals surface area contributed by atoms with E-state index in [4.69, 9.17) is 9.47 Å². The van der Waals surface area contributed by atoms with E-state index in [2.05, 4.69) is 0 Å². The number of hydrogen-bond acceptors (Lipinski definition) is 6. The molecule has 0 aromatic carbocycles. The van der Waals surface area contributed by atoms with Crippen LogP contribution < -0.4 is 10.2 Å². The predicted octanol–water partition coefficient (Wildman–Crippen LogP) is -3.73. The minimum absolute atomic E-state index is 0.251. The van der Waals surface area contributed by atoms with Crippen molar-refractivity contribution >= 4 is 11.9 Å². The van der Waals surface area contributed by atoms with Gasteiger partial charge in [-0.2, -0.15) is 0 Å². The monoisotopic (exact) mass is 198 g/mol. The quantitative estimate of drug-likeness (QED) is 0.422. The minimum Gasteiger partial charge on any atom is -0.550 e. The molecular weight excluding hydrogens is 192 g/mol. The molecule has 0 spiro atoms. The summed E-state index contributed by atoms with van der Waals surface area (Å²) in [4.78, 5) is 21.5. The molecule has 0 aliphatic carbocycles. The molecule has 0 N–H and O–H groups in total. The molecule has 3 saturated heterocycles. The minimum atomic E-state index is -1.40. The van der Waals surface area contributed by atoms with Crippen molar-refractivity contribution in [3.8, 4) is 0 Å². The topological polar surface area (TPSA) is 102 Å². The Labute approximate surface area is 78.4 Å². The summed E-state index contributed by atoms with van der Waals surface area (Å²) in [5.41, 5.74) is 0. The van der Waals surface area contributed by atoms with E-state index in [-0.39, 0.29) is 12.2 Å². The number of ether oxygens (including phenoxy) is 2. The zero-order valence-corrected chi connectivity index (χ0v) is 6.91. The molecule has 3 aliphatic rings. The molecule has 0 aromatic heterocycles. The molecule has 0 radical (unpaired) electrons. The van der Waals surface area contributed by atoms with Crippen molar-refractivity contribution in [1.82, 2.24) is 0 Å². The standard InChI is InChI=1S/C8H8O6/c9-7(10)1-2(8(11)12)4-6-5(14-6)3(1)13-4/h1-6H,(H,9,10)(H,11,12)/p-2/t1-,2-,3-,4+,5-,6+/m0/s1. The number of hydrogen-bond donors (Lipinski definition) is 0. The normalized spacial score (nSPS) is 52.9. The van der Waals surface area contributed by atoms with Gasteiger partial charge in [0.2, 0.25) is 0 Å². The van der Waals surface area contributed by atoms with Crippen LogP contribution in [0.4, 0.5) is 0 Å². The highest BCUT2D eigenvalue weighted by molar-refractivity contribution is 5.80. The SMILES string of the molecule is O=C([O-])[C@@H]1[C@@H]2O[C@@H]([C@H]3O[C@H]32)[C@H]1C(=O)[O-]. The van der Waals surface area contributed by atoms with Gasteiger partial charge in [0, 0.05) is 23.8 Å². The van der Waals surface area contributed by atoms with E-state index in [0.29, 0.717) is 0 Å². The molecule has 0 aromatic rings. The van der Waals surface area contributed by atoms with E-state index in [9.17, 15) is 19.8 Å². The van der Waals surface area contributed by atoms with E-state index in [0.717, 1.165) is 0 Å². The molecule has 6 nitrogen and oxygen atoms in total. The highest BCUT2D eigenvalue weighted by atomic mass is 16.7. The van der Waals surface area contributed by atoms with Crippen LogP contribution in [0.3, 0.4) is 0 Å². The van der Waals surface area contributed by atoms with Gasteiger partial charge in [-0.25, -0.2) is 0 Å². The number of aliphatic carboxylic acids is 2. The van der Waals surface area contributed by atoms with Crippen LogP contribution in [0.5, 0.6) is 0 Å². The third-order valence-corrected chi connectivity index (χ3v) is 3.16. The van der Waals surface area contributed by atoms with E-state index in [1.54, 1.807) is 0 Å². The van der Waals surface area contributed by atoms with Gasteiger partial charge in [-0.15, -0.1) is 0 Å². The van der Waals surface area contributed by atoms with Crippen molar-refractivity contribution in [2.45, 2.75) is 24.4 Å². The number of rotatable bonds is 2. The number of carbonyl (C=O) groups excluding carboxylic acids is 2.